The molecule has 2 aromatic rings. The van der Waals surface area contributed by atoms with E-state index in [2.05, 4.69) is 13.8 Å². The molecule has 0 aliphatic heterocycles. The number of unbranched alkanes of at least 4 members (excludes halogenated alkanes) is 1. The second kappa shape index (κ2) is 12.7. The summed E-state index contributed by atoms with van der Waals surface area (Å²) in [5.41, 5.74) is 0.919. The zero-order valence-corrected chi connectivity index (χ0v) is 15.6. The van der Waals surface area contributed by atoms with E-state index >= 15 is 0 Å². The molecule has 0 aliphatic rings. The monoisotopic (exact) mass is 356 g/mol. The lowest BCUT2D eigenvalue weighted by molar-refractivity contribution is -0.130. The normalized spacial score (nSPS) is 11.0. The molecule has 0 bridgehead atoms. The van der Waals surface area contributed by atoms with Gasteiger partial charge in [-0.2, -0.15) is 0 Å². The van der Waals surface area contributed by atoms with E-state index in [1.807, 2.05) is 6.07 Å². The van der Waals surface area contributed by atoms with Crippen LogP contribution in [-0.4, -0.2) is 24.0 Å². The molecule has 4 nitrogen and oxygen atoms in total. The van der Waals surface area contributed by atoms with Crippen LogP contribution in [0.5, 0.6) is 5.75 Å². The van der Waals surface area contributed by atoms with Crippen molar-refractivity contribution in [1.82, 2.24) is 0 Å². The van der Waals surface area contributed by atoms with E-state index in [1.54, 1.807) is 42.5 Å². The van der Waals surface area contributed by atoms with Crippen LogP contribution in [0.15, 0.2) is 54.6 Å². The maximum absolute atomic E-state index is 11.9. The van der Waals surface area contributed by atoms with Crippen LogP contribution in [-0.2, 0) is 9.53 Å². The van der Waals surface area contributed by atoms with Crippen LogP contribution in [0.3, 0.4) is 0 Å². The summed E-state index contributed by atoms with van der Waals surface area (Å²) in [6, 6.07) is 15.5. The maximum Gasteiger partial charge on any atom is 0.293 e. The average Bonchev–Trinajstić information content (AvgIpc) is 2.69. The predicted octanol–water partition coefficient (Wildman–Crippen LogP) is 5.00. The number of hydrogen-bond donors (Lipinski definition) is 1. The second-order valence-corrected chi connectivity index (χ2v) is 6.06. The van der Waals surface area contributed by atoms with E-state index in [1.165, 1.54) is 25.3 Å². The summed E-state index contributed by atoms with van der Waals surface area (Å²) in [5.74, 6) is 0.431. The number of rotatable bonds is 9. The van der Waals surface area contributed by atoms with Crippen molar-refractivity contribution in [3.8, 4) is 5.75 Å². The van der Waals surface area contributed by atoms with Crippen molar-refractivity contribution in [3.63, 3.8) is 0 Å². The first-order chi connectivity index (χ1) is 12.6. The molecule has 1 unspecified atom stereocenters. The molecule has 4 heteroatoms. The SMILES string of the molecule is CCCCC(CC)COC=O.O=C(c1ccccc1)c1ccccc1O. The molecule has 0 saturated heterocycles. The van der Waals surface area contributed by atoms with Crippen molar-refractivity contribution < 1.29 is 19.4 Å². The first kappa shape index (κ1) is 21.4. The molecular formula is C22H28O4. The summed E-state index contributed by atoms with van der Waals surface area (Å²) in [5, 5.41) is 9.52. The molecule has 0 saturated carbocycles. The Morgan fingerprint density at radius 3 is 2.31 bits per heavy atom. The highest BCUT2D eigenvalue weighted by atomic mass is 16.5. The third kappa shape index (κ3) is 7.51. The number of phenolic OH excluding ortho intramolecular Hbond substituents is 1. The number of aromatic hydroxyl groups is 1. The minimum Gasteiger partial charge on any atom is -0.507 e. The number of ether oxygens (including phenoxy) is 1. The molecule has 26 heavy (non-hydrogen) atoms. The highest BCUT2D eigenvalue weighted by Crippen LogP contribution is 2.19. The van der Waals surface area contributed by atoms with Gasteiger partial charge in [-0.3, -0.25) is 9.59 Å². The van der Waals surface area contributed by atoms with E-state index in [4.69, 9.17) is 4.74 Å². The van der Waals surface area contributed by atoms with Gasteiger partial charge in [0, 0.05) is 5.56 Å². The minimum atomic E-state index is -0.159. The summed E-state index contributed by atoms with van der Waals surface area (Å²) < 4.78 is 4.70. The van der Waals surface area contributed by atoms with E-state index in [-0.39, 0.29) is 11.5 Å². The van der Waals surface area contributed by atoms with Crippen LogP contribution in [0.2, 0.25) is 0 Å². The highest BCUT2D eigenvalue weighted by molar-refractivity contribution is 6.10. The summed E-state index contributed by atoms with van der Waals surface area (Å²) >= 11 is 0. The zero-order chi connectivity index (χ0) is 19.2. The molecule has 0 spiro atoms. The topological polar surface area (TPSA) is 63.6 Å². The van der Waals surface area contributed by atoms with Crippen LogP contribution in [0.25, 0.3) is 0 Å². The fourth-order valence-electron chi connectivity index (χ4n) is 2.48. The molecule has 0 radical (unpaired) electrons. The summed E-state index contributed by atoms with van der Waals surface area (Å²) in [6.45, 7) is 5.44. The van der Waals surface area contributed by atoms with E-state index < -0.39 is 0 Å². The third-order valence-electron chi connectivity index (χ3n) is 4.13. The molecule has 140 valence electrons. The predicted molar refractivity (Wildman–Crippen MR) is 103 cm³/mol. The van der Waals surface area contributed by atoms with Gasteiger partial charge < -0.3 is 9.84 Å². The standard InChI is InChI=1S/C13H10O2.C9H18O2/c14-12-9-5-4-8-11(12)13(15)10-6-2-1-3-7-10;1-3-5-6-9(4-2)7-11-8-10/h1-9,14H;8-9H,3-7H2,1-2H3. The molecule has 2 rings (SSSR count). The van der Waals surface area contributed by atoms with Crippen molar-refractivity contribution in [1.29, 1.82) is 0 Å². The van der Waals surface area contributed by atoms with Crippen molar-refractivity contribution in [2.24, 2.45) is 5.92 Å². The number of para-hydroxylation sites is 1. The number of ketones is 1. The molecule has 0 aromatic heterocycles. The molecule has 1 atom stereocenters. The molecule has 0 fully saturated rings. The van der Waals surface area contributed by atoms with Gasteiger partial charge in [0.2, 0.25) is 0 Å². The van der Waals surface area contributed by atoms with Gasteiger partial charge in [0.1, 0.15) is 5.75 Å². The van der Waals surface area contributed by atoms with Gasteiger partial charge in [0.25, 0.3) is 6.47 Å². The second-order valence-electron chi connectivity index (χ2n) is 6.06. The van der Waals surface area contributed by atoms with Gasteiger partial charge in [0.05, 0.1) is 12.2 Å². The summed E-state index contributed by atoms with van der Waals surface area (Å²) in [7, 11) is 0. The number of carbonyl (C=O) groups excluding carboxylic acids is 2. The molecule has 2 aromatic carbocycles. The Bertz CT molecular complexity index is 652. The first-order valence-electron chi connectivity index (χ1n) is 9.06. The van der Waals surface area contributed by atoms with Gasteiger partial charge in [-0.15, -0.1) is 0 Å². The Labute approximate surface area is 155 Å². The van der Waals surface area contributed by atoms with Gasteiger partial charge in [-0.05, 0) is 24.5 Å². The summed E-state index contributed by atoms with van der Waals surface area (Å²) in [6.07, 6.45) is 4.74. The Hall–Kier alpha value is -2.62. The van der Waals surface area contributed by atoms with Crippen molar-refractivity contribution in [3.05, 3.63) is 65.7 Å². The Kier molecular flexibility index (Phi) is 10.5. The van der Waals surface area contributed by atoms with Gasteiger partial charge >= 0.3 is 0 Å². The van der Waals surface area contributed by atoms with E-state index in [0.717, 1.165) is 6.42 Å². The lowest BCUT2D eigenvalue weighted by Gasteiger charge is -2.11. The number of carbonyl (C=O) groups is 2. The lowest BCUT2D eigenvalue weighted by atomic mass is 10.0. The summed E-state index contributed by atoms with van der Waals surface area (Å²) in [4.78, 5) is 21.8. The first-order valence-corrected chi connectivity index (χ1v) is 9.06. The van der Waals surface area contributed by atoms with Crippen LogP contribution < -0.4 is 0 Å². The molecular weight excluding hydrogens is 328 g/mol. The number of phenols is 1. The van der Waals surface area contributed by atoms with E-state index in [9.17, 15) is 14.7 Å². The minimum absolute atomic E-state index is 0.0198. The Morgan fingerprint density at radius 1 is 1.08 bits per heavy atom. The van der Waals surface area contributed by atoms with Gasteiger partial charge in [-0.1, -0.05) is 75.6 Å². The molecule has 1 N–H and O–H groups in total. The maximum atomic E-state index is 11.9. The highest BCUT2D eigenvalue weighted by Gasteiger charge is 2.11. The fraction of sp³-hybridized carbons (Fsp3) is 0.364. The quantitative estimate of drug-likeness (QED) is 0.507. The Balaban J connectivity index is 0.000000276. The number of benzene rings is 2. The smallest absolute Gasteiger partial charge is 0.293 e. The van der Waals surface area contributed by atoms with Crippen LogP contribution in [0.4, 0.5) is 0 Å². The van der Waals surface area contributed by atoms with Crippen LogP contribution >= 0.6 is 0 Å². The van der Waals surface area contributed by atoms with Crippen molar-refractivity contribution in [2.75, 3.05) is 6.61 Å². The number of hydrogen-bond acceptors (Lipinski definition) is 4. The van der Waals surface area contributed by atoms with E-state index in [0.29, 0.717) is 30.1 Å². The van der Waals surface area contributed by atoms with Crippen molar-refractivity contribution in [2.45, 2.75) is 39.5 Å². The Morgan fingerprint density at radius 2 is 1.73 bits per heavy atom. The molecule has 0 heterocycles. The van der Waals surface area contributed by atoms with Gasteiger partial charge in [0.15, 0.2) is 5.78 Å². The van der Waals surface area contributed by atoms with Crippen molar-refractivity contribution >= 4 is 12.3 Å². The lowest BCUT2D eigenvalue weighted by Crippen LogP contribution is -2.07. The average molecular weight is 356 g/mol. The largest absolute Gasteiger partial charge is 0.507 e. The van der Waals surface area contributed by atoms with Crippen LogP contribution in [0, 0.1) is 5.92 Å². The fourth-order valence-corrected chi connectivity index (χ4v) is 2.48. The third-order valence-corrected chi connectivity index (χ3v) is 4.13. The molecule has 0 aliphatic carbocycles. The zero-order valence-electron chi connectivity index (χ0n) is 15.6. The molecule has 0 amide bonds. The van der Waals surface area contributed by atoms with Crippen LogP contribution in [0.1, 0.15) is 55.5 Å². The van der Waals surface area contributed by atoms with Gasteiger partial charge in [-0.25, -0.2) is 0 Å².